The quantitative estimate of drug-likeness (QED) is 0.211. The van der Waals surface area contributed by atoms with Crippen molar-refractivity contribution in [3.05, 3.63) is 75.3 Å². The minimum atomic E-state index is -0.963. The number of ether oxygens (including phenoxy) is 3. The summed E-state index contributed by atoms with van der Waals surface area (Å²) in [5.74, 6) is -1.63. The van der Waals surface area contributed by atoms with Crippen LogP contribution >= 0.6 is 11.3 Å². The number of fused-ring (bicyclic) bond motifs is 1. The number of ketones is 1. The van der Waals surface area contributed by atoms with Gasteiger partial charge in [-0.25, -0.2) is 9.78 Å². The SMILES string of the molecule is CCOC(=O)c1sc(N2C(=O)C(=O)C(=C(O)c3ccc4c(c3)OCCO4)C2c2ccc(CC)cc2)nc1C. The number of aliphatic hydroxyl groups excluding tert-OH is 1. The molecule has 0 spiro atoms. The third kappa shape index (κ3) is 4.41. The molecule has 0 aliphatic carbocycles. The number of esters is 1. The molecule has 38 heavy (non-hydrogen) atoms. The number of aromatic nitrogens is 1. The number of Topliss-reactive ketones (excluding diaryl/α,β-unsaturated/α-hetero) is 1. The van der Waals surface area contributed by atoms with Crippen LogP contribution in [0.4, 0.5) is 5.13 Å². The molecule has 2 aliphatic rings. The summed E-state index contributed by atoms with van der Waals surface area (Å²) in [5, 5.41) is 11.6. The highest BCUT2D eigenvalue weighted by Crippen LogP contribution is 2.44. The molecule has 3 heterocycles. The fourth-order valence-corrected chi connectivity index (χ4v) is 5.49. The van der Waals surface area contributed by atoms with Crippen molar-refractivity contribution in [2.24, 2.45) is 0 Å². The molecule has 1 fully saturated rings. The van der Waals surface area contributed by atoms with Gasteiger partial charge in [0.15, 0.2) is 16.6 Å². The number of hydrogen-bond donors (Lipinski definition) is 1. The van der Waals surface area contributed by atoms with E-state index in [4.69, 9.17) is 14.2 Å². The van der Waals surface area contributed by atoms with Gasteiger partial charge in [-0.05, 0) is 49.6 Å². The van der Waals surface area contributed by atoms with Crippen LogP contribution in [0.25, 0.3) is 5.76 Å². The Morgan fingerprint density at radius 3 is 2.50 bits per heavy atom. The van der Waals surface area contributed by atoms with Crippen LogP contribution in [0.1, 0.15) is 51.9 Å². The first kappa shape index (κ1) is 25.5. The molecule has 0 radical (unpaired) electrons. The van der Waals surface area contributed by atoms with E-state index in [1.165, 1.54) is 4.90 Å². The van der Waals surface area contributed by atoms with E-state index in [1.807, 2.05) is 31.2 Å². The molecule has 1 unspecified atom stereocenters. The predicted molar refractivity (Wildman–Crippen MR) is 141 cm³/mol. The zero-order valence-corrected chi connectivity index (χ0v) is 22.0. The lowest BCUT2D eigenvalue weighted by atomic mass is 9.94. The van der Waals surface area contributed by atoms with Crippen LogP contribution in [-0.2, 0) is 20.7 Å². The van der Waals surface area contributed by atoms with Gasteiger partial charge in [0, 0.05) is 5.56 Å². The Hall–Kier alpha value is -4.18. The standard InChI is InChI=1S/C28H26N2O7S/c1-4-16-6-8-17(9-7-16)22-21(23(31)18-10-11-19-20(14-18)37-13-12-36-19)24(32)26(33)30(22)28-29-15(3)25(38-28)27(34)35-5-2/h6-11,14,22,31H,4-5,12-13H2,1-3H3. The van der Waals surface area contributed by atoms with Crippen LogP contribution < -0.4 is 14.4 Å². The molecular formula is C28H26N2O7S. The Morgan fingerprint density at radius 2 is 1.82 bits per heavy atom. The van der Waals surface area contributed by atoms with Gasteiger partial charge in [-0.3, -0.25) is 14.5 Å². The molecule has 0 saturated carbocycles. The number of benzene rings is 2. The normalized spacial score (nSPS) is 18.1. The van der Waals surface area contributed by atoms with Gasteiger partial charge >= 0.3 is 11.9 Å². The highest BCUT2D eigenvalue weighted by molar-refractivity contribution is 7.17. The third-order valence-corrected chi connectivity index (χ3v) is 7.55. The molecule has 2 aromatic carbocycles. The minimum absolute atomic E-state index is 0.0820. The molecule has 5 rings (SSSR count). The number of nitrogens with zero attached hydrogens (tertiary/aromatic N) is 2. The zero-order valence-electron chi connectivity index (χ0n) is 21.1. The van der Waals surface area contributed by atoms with Gasteiger partial charge in [0.25, 0.3) is 5.78 Å². The van der Waals surface area contributed by atoms with Gasteiger partial charge in [-0.1, -0.05) is 42.5 Å². The van der Waals surface area contributed by atoms with Crippen molar-refractivity contribution in [2.45, 2.75) is 33.2 Å². The lowest BCUT2D eigenvalue weighted by molar-refractivity contribution is -0.132. The average molecular weight is 535 g/mol. The summed E-state index contributed by atoms with van der Waals surface area (Å²) >= 11 is 0.971. The first-order chi connectivity index (χ1) is 18.3. The van der Waals surface area contributed by atoms with Crippen LogP contribution in [0.3, 0.4) is 0 Å². The lowest BCUT2D eigenvalue weighted by Gasteiger charge is -2.23. The molecule has 9 nitrogen and oxygen atoms in total. The summed E-state index contributed by atoms with van der Waals surface area (Å²) in [6.45, 7) is 6.33. The van der Waals surface area contributed by atoms with Crippen LogP contribution in [0.2, 0.25) is 0 Å². The molecule has 1 amide bonds. The van der Waals surface area contributed by atoms with Crippen LogP contribution in [0, 0.1) is 6.92 Å². The Morgan fingerprint density at radius 1 is 1.11 bits per heavy atom. The van der Waals surface area contributed by atoms with Crippen molar-refractivity contribution >= 4 is 39.9 Å². The number of anilines is 1. The number of aliphatic hydroxyl groups is 1. The fraction of sp³-hybridized carbons (Fsp3) is 0.286. The lowest BCUT2D eigenvalue weighted by Crippen LogP contribution is -2.29. The molecule has 1 N–H and O–H groups in total. The van der Waals surface area contributed by atoms with E-state index in [0.29, 0.717) is 41.5 Å². The molecule has 2 aliphatic heterocycles. The summed E-state index contributed by atoms with van der Waals surface area (Å²) in [4.78, 5) is 45.3. The van der Waals surface area contributed by atoms with Gasteiger partial charge in [0.1, 0.15) is 23.9 Å². The topological polar surface area (TPSA) is 115 Å². The van der Waals surface area contributed by atoms with Gasteiger partial charge in [-0.15, -0.1) is 0 Å². The summed E-state index contributed by atoms with van der Waals surface area (Å²) in [6, 6.07) is 11.4. The Labute approximate surface area is 223 Å². The second-order valence-electron chi connectivity index (χ2n) is 8.75. The van der Waals surface area contributed by atoms with Gasteiger partial charge in [-0.2, -0.15) is 0 Å². The van der Waals surface area contributed by atoms with Crippen molar-refractivity contribution in [1.82, 2.24) is 4.98 Å². The molecule has 1 atom stereocenters. The number of aryl methyl sites for hydroxylation is 2. The number of rotatable bonds is 6. The monoisotopic (exact) mass is 534 g/mol. The van der Waals surface area contributed by atoms with Gasteiger partial charge in [0.05, 0.1) is 23.9 Å². The molecular weight excluding hydrogens is 508 g/mol. The highest BCUT2D eigenvalue weighted by atomic mass is 32.1. The van der Waals surface area contributed by atoms with Crippen molar-refractivity contribution in [1.29, 1.82) is 0 Å². The Bertz CT molecular complexity index is 1460. The zero-order chi connectivity index (χ0) is 27.0. The second-order valence-corrected chi connectivity index (χ2v) is 9.73. The summed E-state index contributed by atoms with van der Waals surface area (Å²) in [7, 11) is 0. The average Bonchev–Trinajstić information content (AvgIpc) is 3.44. The van der Waals surface area contributed by atoms with Crippen molar-refractivity contribution in [3.8, 4) is 11.5 Å². The summed E-state index contributed by atoms with van der Waals surface area (Å²) in [5.41, 5.74) is 2.31. The fourth-order valence-electron chi connectivity index (χ4n) is 4.50. The number of amides is 1. The number of carbonyl (C=O) groups is 3. The first-order valence-electron chi connectivity index (χ1n) is 12.3. The minimum Gasteiger partial charge on any atom is -0.507 e. The second kappa shape index (κ2) is 10.3. The van der Waals surface area contributed by atoms with E-state index in [-0.39, 0.29) is 27.9 Å². The van der Waals surface area contributed by atoms with E-state index >= 15 is 0 Å². The predicted octanol–water partition coefficient (Wildman–Crippen LogP) is 4.59. The maximum Gasteiger partial charge on any atom is 0.350 e. The largest absolute Gasteiger partial charge is 0.507 e. The van der Waals surface area contributed by atoms with E-state index in [1.54, 1.807) is 32.0 Å². The third-order valence-electron chi connectivity index (χ3n) is 6.42. The van der Waals surface area contributed by atoms with Gasteiger partial charge in [0.2, 0.25) is 0 Å². The Balaban J connectivity index is 1.66. The summed E-state index contributed by atoms with van der Waals surface area (Å²) < 4.78 is 16.3. The van der Waals surface area contributed by atoms with Crippen molar-refractivity contribution in [2.75, 3.05) is 24.7 Å². The van der Waals surface area contributed by atoms with E-state index in [9.17, 15) is 19.5 Å². The first-order valence-corrected chi connectivity index (χ1v) is 13.1. The molecule has 1 saturated heterocycles. The van der Waals surface area contributed by atoms with Gasteiger partial charge < -0.3 is 19.3 Å². The molecule has 3 aromatic rings. The van der Waals surface area contributed by atoms with Crippen molar-refractivity contribution in [3.63, 3.8) is 0 Å². The van der Waals surface area contributed by atoms with E-state index in [2.05, 4.69) is 4.98 Å². The molecule has 1 aromatic heterocycles. The van der Waals surface area contributed by atoms with Crippen LogP contribution in [0.5, 0.6) is 11.5 Å². The Kier molecular flexibility index (Phi) is 6.90. The molecule has 10 heteroatoms. The number of carbonyl (C=O) groups excluding carboxylic acids is 3. The van der Waals surface area contributed by atoms with E-state index < -0.39 is 23.7 Å². The highest BCUT2D eigenvalue weighted by Gasteiger charge is 2.48. The smallest absolute Gasteiger partial charge is 0.350 e. The maximum absolute atomic E-state index is 13.4. The summed E-state index contributed by atoms with van der Waals surface area (Å²) in [6.07, 6.45) is 0.812. The number of thiazole rings is 1. The van der Waals surface area contributed by atoms with Crippen molar-refractivity contribution < 1.29 is 33.7 Å². The van der Waals surface area contributed by atoms with Crippen LogP contribution in [-0.4, -0.2) is 47.6 Å². The van der Waals surface area contributed by atoms with E-state index in [0.717, 1.165) is 23.3 Å². The maximum atomic E-state index is 13.4. The number of hydrogen-bond acceptors (Lipinski definition) is 9. The molecule has 196 valence electrons. The van der Waals surface area contributed by atoms with Crippen LogP contribution in [0.15, 0.2) is 48.0 Å². The molecule has 0 bridgehead atoms.